The molecule has 33 heavy (non-hydrogen) atoms. The molecule has 0 radical (unpaired) electrons. The molecule has 0 fully saturated rings. The summed E-state index contributed by atoms with van der Waals surface area (Å²) in [6.45, 7) is -0.371. The number of imidazole rings is 1. The van der Waals surface area contributed by atoms with E-state index in [-0.39, 0.29) is 51.1 Å². The third kappa shape index (κ3) is 4.14. The van der Waals surface area contributed by atoms with Gasteiger partial charge in [0.2, 0.25) is 5.95 Å². The summed E-state index contributed by atoms with van der Waals surface area (Å²) in [7, 11) is 0. The molecule has 0 saturated carbocycles. The number of nitrogens with two attached hydrogens (primary N) is 1. The van der Waals surface area contributed by atoms with Crippen LogP contribution in [0.25, 0.3) is 22.4 Å². The van der Waals surface area contributed by atoms with Crippen LogP contribution in [0.5, 0.6) is 0 Å². The van der Waals surface area contributed by atoms with Gasteiger partial charge in [0.25, 0.3) is 0 Å². The molecule has 7 nitrogen and oxygen atoms in total. The molecule has 4 rings (SSSR count). The van der Waals surface area contributed by atoms with E-state index in [1.807, 2.05) is 12.1 Å². The molecule has 2 aromatic heterocycles. The van der Waals surface area contributed by atoms with E-state index in [4.69, 9.17) is 17.3 Å². The number of rotatable bonds is 3. The highest BCUT2D eigenvalue weighted by atomic mass is 35.5. The molecule has 2 heterocycles. The molecule has 0 unspecified atom stereocenters. The molecule has 0 aliphatic rings. The summed E-state index contributed by atoms with van der Waals surface area (Å²) in [5, 5.41) is 18.2. The van der Waals surface area contributed by atoms with Crippen LogP contribution in [0.2, 0.25) is 5.02 Å². The Bertz CT molecular complexity index is 1460. The minimum atomic E-state index is -4.93. The van der Waals surface area contributed by atoms with Crippen LogP contribution in [0.3, 0.4) is 0 Å². The van der Waals surface area contributed by atoms with Crippen molar-refractivity contribution in [3.63, 3.8) is 0 Å². The van der Waals surface area contributed by atoms with Crippen LogP contribution < -0.4 is 5.73 Å². The molecule has 0 saturated heterocycles. The van der Waals surface area contributed by atoms with E-state index < -0.39 is 17.6 Å². The zero-order valence-electron chi connectivity index (χ0n) is 16.3. The Kier molecular flexibility index (Phi) is 5.36. The van der Waals surface area contributed by atoms with Crippen molar-refractivity contribution in [2.24, 2.45) is 0 Å². The van der Waals surface area contributed by atoms with Gasteiger partial charge in [-0.25, -0.2) is 14.4 Å². The number of fused-ring (bicyclic) bond motifs is 1. The van der Waals surface area contributed by atoms with Crippen LogP contribution in [0, 0.1) is 28.5 Å². The Morgan fingerprint density at radius 1 is 1.03 bits per heavy atom. The predicted octanol–water partition coefficient (Wildman–Crippen LogP) is 4.68. The fourth-order valence-corrected chi connectivity index (χ4v) is 3.56. The van der Waals surface area contributed by atoms with Crippen molar-refractivity contribution >= 4 is 28.7 Å². The third-order valence-electron chi connectivity index (χ3n) is 4.70. The van der Waals surface area contributed by atoms with E-state index in [0.717, 1.165) is 6.07 Å². The minimum Gasteiger partial charge on any atom is -0.368 e. The number of anilines is 1. The number of hydrogen-bond donors (Lipinski definition) is 1. The second-order valence-corrected chi connectivity index (χ2v) is 7.36. The highest BCUT2D eigenvalue weighted by molar-refractivity contribution is 6.30. The maximum absolute atomic E-state index is 14.6. The average Bonchev–Trinajstić information content (AvgIpc) is 3.16. The number of nitriles is 2. The molecule has 0 bridgehead atoms. The van der Waals surface area contributed by atoms with Crippen LogP contribution in [-0.4, -0.2) is 19.5 Å². The monoisotopic (exact) mass is 471 g/mol. The van der Waals surface area contributed by atoms with Gasteiger partial charge >= 0.3 is 6.18 Å². The van der Waals surface area contributed by atoms with E-state index in [2.05, 4.69) is 15.0 Å². The van der Waals surface area contributed by atoms with E-state index in [9.17, 15) is 28.1 Å². The highest BCUT2D eigenvalue weighted by Gasteiger charge is 2.35. The molecule has 0 amide bonds. The number of hydrogen-bond acceptors (Lipinski definition) is 6. The Hall–Kier alpha value is -4.22. The summed E-state index contributed by atoms with van der Waals surface area (Å²) in [6, 6.07) is 9.84. The molecular weight excluding hydrogens is 462 g/mol. The highest BCUT2D eigenvalue weighted by Crippen LogP contribution is 2.35. The summed E-state index contributed by atoms with van der Waals surface area (Å²) in [4.78, 5) is 12.4. The van der Waals surface area contributed by atoms with Gasteiger partial charge in [-0.05, 0) is 30.3 Å². The first kappa shape index (κ1) is 22.0. The molecule has 164 valence electrons. The van der Waals surface area contributed by atoms with Crippen molar-refractivity contribution in [3.8, 4) is 23.4 Å². The van der Waals surface area contributed by atoms with E-state index >= 15 is 0 Å². The summed E-state index contributed by atoms with van der Waals surface area (Å²) < 4.78 is 55.4. The first-order valence-electron chi connectivity index (χ1n) is 9.10. The number of nitrogens with zero attached hydrogens (tertiary/aromatic N) is 6. The lowest BCUT2D eigenvalue weighted by Gasteiger charge is -2.13. The maximum atomic E-state index is 14.6. The Morgan fingerprint density at radius 2 is 1.70 bits per heavy atom. The topological polar surface area (TPSA) is 117 Å². The number of nitrogen functional groups attached to an aromatic ring is 1. The van der Waals surface area contributed by atoms with Gasteiger partial charge in [0.15, 0.2) is 5.65 Å². The molecule has 2 aromatic carbocycles. The summed E-state index contributed by atoms with van der Waals surface area (Å²) >= 11 is 5.78. The van der Waals surface area contributed by atoms with Crippen LogP contribution >= 0.6 is 11.6 Å². The smallest absolute Gasteiger partial charge is 0.368 e. The summed E-state index contributed by atoms with van der Waals surface area (Å²) in [5.41, 5.74) is 5.30. The van der Waals surface area contributed by atoms with Crippen molar-refractivity contribution in [2.45, 2.75) is 12.7 Å². The van der Waals surface area contributed by atoms with Crippen LogP contribution in [-0.2, 0) is 12.7 Å². The largest absolute Gasteiger partial charge is 0.419 e. The van der Waals surface area contributed by atoms with Crippen molar-refractivity contribution in [1.82, 2.24) is 19.5 Å². The zero-order chi connectivity index (χ0) is 23.9. The van der Waals surface area contributed by atoms with Crippen molar-refractivity contribution in [2.75, 3.05) is 5.73 Å². The van der Waals surface area contributed by atoms with Gasteiger partial charge in [0.05, 0.1) is 41.7 Å². The molecule has 0 atom stereocenters. The fourth-order valence-electron chi connectivity index (χ4n) is 3.32. The SMILES string of the molecule is N#Cc1cc(C#N)cc(-c2nc(N)nc3c2ncn3Cc2cc(Cl)cc(C(F)(F)F)c2F)c1. The molecule has 4 aromatic rings. The normalized spacial score (nSPS) is 11.4. The van der Waals surface area contributed by atoms with E-state index in [0.29, 0.717) is 11.6 Å². The van der Waals surface area contributed by atoms with E-state index in [1.54, 1.807) is 0 Å². The second-order valence-electron chi connectivity index (χ2n) is 6.92. The van der Waals surface area contributed by atoms with Crippen molar-refractivity contribution in [3.05, 3.63) is 69.8 Å². The summed E-state index contributed by atoms with van der Waals surface area (Å²) in [6.07, 6.45) is -3.68. The van der Waals surface area contributed by atoms with Crippen molar-refractivity contribution in [1.29, 1.82) is 10.5 Å². The second kappa shape index (κ2) is 8.04. The van der Waals surface area contributed by atoms with E-state index in [1.165, 1.54) is 29.1 Å². The van der Waals surface area contributed by atoms with Crippen LogP contribution in [0.15, 0.2) is 36.7 Å². The number of alkyl halides is 3. The molecule has 0 spiro atoms. The zero-order valence-corrected chi connectivity index (χ0v) is 17.1. The number of benzene rings is 2. The Morgan fingerprint density at radius 3 is 2.30 bits per heavy atom. The first-order valence-corrected chi connectivity index (χ1v) is 9.47. The first-order chi connectivity index (χ1) is 15.6. The number of halogens is 5. The molecule has 12 heteroatoms. The van der Waals surface area contributed by atoms with Crippen LogP contribution in [0.1, 0.15) is 22.3 Å². The lowest BCUT2D eigenvalue weighted by atomic mass is 10.0. The lowest BCUT2D eigenvalue weighted by Crippen LogP contribution is -2.12. The molecule has 0 aliphatic carbocycles. The van der Waals surface area contributed by atoms with Gasteiger partial charge in [0.1, 0.15) is 17.0 Å². The molecule has 2 N–H and O–H groups in total. The fraction of sp³-hybridized carbons (Fsp3) is 0.0952. The number of aromatic nitrogens is 4. The van der Waals surface area contributed by atoms with Gasteiger partial charge in [0, 0.05) is 16.1 Å². The minimum absolute atomic E-state index is 0.117. The Labute approximate surface area is 188 Å². The van der Waals surface area contributed by atoms with Crippen LogP contribution in [0.4, 0.5) is 23.5 Å². The third-order valence-corrected chi connectivity index (χ3v) is 4.92. The maximum Gasteiger partial charge on any atom is 0.419 e. The van der Waals surface area contributed by atoms with Crippen molar-refractivity contribution < 1.29 is 17.6 Å². The molecule has 0 aliphatic heterocycles. The summed E-state index contributed by atoms with van der Waals surface area (Å²) in [5.74, 6) is -1.65. The predicted molar refractivity (Wildman–Crippen MR) is 110 cm³/mol. The van der Waals surface area contributed by atoms with Gasteiger partial charge in [-0.1, -0.05) is 11.6 Å². The standard InChI is InChI=1S/C21H10ClF4N7/c22-14-4-13(16(23)15(5-14)21(24,25)26)8-33-9-30-18-17(31-20(29)32-19(18)33)12-2-10(6-27)1-11(3-12)7-28/h1-5,9H,8H2,(H2,29,31,32). The van der Waals surface area contributed by atoms with Gasteiger partial charge < -0.3 is 10.3 Å². The molecular formula is C21H10ClF4N7. The van der Waals surface area contributed by atoms with Gasteiger partial charge in [-0.2, -0.15) is 28.7 Å². The lowest BCUT2D eigenvalue weighted by molar-refractivity contribution is -0.140. The van der Waals surface area contributed by atoms with Gasteiger partial charge in [-0.3, -0.25) is 0 Å². The van der Waals surface area contributed by atoms with Gasteiger partial charge in [-0.15, -0.1) is 0 Å². The quantitative estimate of drug-likeness (QED) is 0.433. The Balaban J connectivity index is 1.87. The average molecular weight is 472 g/mol.